The fourth-order valence-electron chi connectivity index (χ4n) is 1.77. The van der Waals surface area contributed by atoms with Gasteiger partial charge in [-0.3, -0.25) is 4.68 Å². The highest BCUT2D eigenvalue weighted by Crippen LogP contribution is 2.29. The van der Waals surface area contributed by atoms with Crippen molar-refractivity contribution in [1.29, 1.82) is 0 Å². The minimum atomic E-state index is 0.241. The topological polar surface area (TPSA) is 50.1 Å². The van der Waals surface area contributed by atoms with Gasteiger partial charge < -0.3 is 10.4 Å². The smallest absolute Gasteiger partial charge is 0.0987 e. The fourth-order valence-corrected chi connectivity index (χ4v) is 2.93. The zero-order valence-corrected chi connectivity index (χ0v) is 12.8. The van der Waals surface area contributed by atoms with Crippen LogP contribution in [-0.2, 0) is 13.6 Å². The van der Waals surface area contributed by atoms with Crippen molar-refractivity contribution in [2.24, 2.45) is 7.05 Å². The molecule has 1 rings (SSSR count). The summed E-state index contributed by atoms with van der Waals surface area (Å²) in [6, 6.07) is 0.470. The quantitative estimate of drug-likeness (QED) is 0.746. The van der Waals surface area contributed by atoms with Crippen molar-refractivity contribution in [2.75, 3.05) is 6.61 Å². The summed E-state index contributed by atoms with van der Waals surface area (Å²) in [5.74, 6) is 0. The van der Waals surface area contributed by atoms with E-state index in [1.54, 1.807) is 11.8 Å². The maximum Gasteiger partial charge on any atom is 0.0987 e. The van der Waals surface area contributed by atoms with E-state index in [1.165, 1.54) is 10.6 Å². The molecule has 0 bridgehead atoms. The van der Waals surface area contributed by atoms with Crippen molar-refractivity contribution in [3.8, 4) is 0 Å². The van der Waals surface area contributed by atoms with E-state index >= 15 is 0 Å². The van der Waals surface area contributed by atoms with Gasteiger partial charge in [0.25, 0.3) is 0 Å². The van der Waals surface area contributed by atoms with E-state index in [2.05, 4.69) is 38.1 Å². The van der Waals surface area contributed by atoms with E-state index in [1.807, 2.05) is 11.7 Å². The second-order valence-corrected chi connectivity index (χ2v) is 6.40. The monoisotopic (exact) mass is 271 g/mol. The predicted octanol–water partition coefficient (Wildman–Crippen LogP) is 2.09. The molecule has 1 aromatic rings. The fraction of sp³-hybridized carbons (Fsp3) is 0.769. The van der Waals surface area contributed by atoms with E-state index in [0.717, 1.165) is 18.7 Å². The molecule has 0 aliphatic carbocycles. The van der Waals surface area contributed by atoms with E-state index in [4.69, 9.17) is 5.11 Å². The molecule has 1 atom stereocenters. The summed E-state index contributed by atoms with van der Waals surface area (Å²) < 4.78 is 1.95. The van der Waals surface area contributed by atoms with Crippen LogP contribution in [-0.4, -0.2) is 32.8 Å². The van der Waals surface area contributed by atoms with Crippen LogP contribution in [0.15, 0.2) is 5.03 Å². The zero-order chi connectivity index (χ0) is 13.7. The number of nitrogens with one attached hydrogen (secondary N) is 1. The Bertz CT molecular complexity index is 377. The molecule has 1 aromatic heterocycles. The van der Waals surface area contributed by atoms with E-state index in [-0.39, 0.29) is 6.61 Å². The number of hydrogen-bond donors (Lipinski definition) is 2. The summed E-state index contributed by atoms with van der Waals surface area (Å²) >= 11 is 1.79. The number of hydrogen-bond acceptors (Lipinski definition) is 4. The van der Waals surface area contributed by atoms with Crippen LogP contribution in [0, 0.1) is 6.92 Å². The molecule has 0 saturated heterocycles. The minimum Gasteiger partial charge on any atom is -0.396 e. The van der Waals surface area contributed by atoms with Gasteiger partial charge in [-0.25, -0.2) is 0 Å². The molecule has 0 spiro atoms. The molecule has 0 aliphatic heterocycles. The molecule has 1 heterocycles. The Morgan fingerprint density at radius 2 is 2.06 bits per heavy atom. The van der Waals surface area contributed by atoms with E-state index < -0.39 is 0 Å². The molecule has 18 heavy (non-hydrogen) atoms. The number of aromatic nitrogens is 2. The summed E-state index contributed by atoms with van der Waals surface area (Å²) in [6.07, 6.45) is 0.811. The number of rotatable bonds is 7. The molecule has 104 valence electrons. The summed E-state index contributed by atoms with van der Waals surface area (Å²) in [6.45, 7) is 9.58. The molecule has 0 aromatic carbocycles. The van der Waals surface area contributed by atoms with Crippen LogP contribution in [0.5, 0.6) is 0 Å². The highest BCUT2D eigenvalue weighted by molar-refractivity contribution is 7.99. The third-order valence-electron chi connectivity index (χ3n) is 2.82. The molecular weight excluding hydrogens is 246 g/mol. The van der Waals surface area contributed by atoms with Crippen LogP contribution in [0.1, 0.15) is 38.4 Å². The highest BCUT2D eigenvalue weighted by atomic mass is 32.2. The first-order valence-corrected chi connectivity index (χ1v) is 7.37. The largest absolute Gasteiger partial charge is 0.396 e. The lowest BCUT2D eigenvalue weighted by atomic mass is 10.2. The number of thioether (sulfide) groups is 1. The summed E-state index contributed by atoms with van der Waals surface area (Å²) in [5, 5.41) is 18.5. The highest BCUT2D eigenvalue weighted by Gasteiger charge is 2.16. The molecule has 1 unspecified atom stereocenters. The maximum absolute atomic E-state index is 8.99. The van der Waals surface area contributed by atoms with Crippen molar-refractivity contribution < 1.29 is 5.11 Å². The lowest BCUT2D eigenvalue weighted by Gasteiger charge is -2.13. The number of aryl methyl sites for hydroxylation is 2. The zero-order valence-electron chi connectivity index (χ0n) is 12.0. The van der Waals surface area contributed by atoms with Gasteiger partial charge in [0.2, 0.25) is 0 Å². The first-order valence-electron chi connectivity index (χ1n) is 6.49. The summed E-state index contributed by atoms with van der Waals surface area (Å²) in [5.41, 5.74) is 2.37. The number of aliphatic hydroxyl groups excluding tert-OH is 1. The maximum atomic E-state index is 8.99. The third kappa shape index (κ3) is 4.30. The van der Waals surface area contributed by atoms with Gasteiger partial charge in [-0.2, -0.15) is 5.10 Å². The lowest BCUT2D eigenvalue weighted by molar-refractivity contribution is 0.289. The van der Waals surface area contributed by atoms with Crippen LogP contribution < -0.4 is 5.32 Å². The van der Waals surface area contributed by atoms with Crippen LogP contribution in [0.3, 0.4) is 0 Å². The van der Waals surface area contributed by atoms with Crippen molar-refractivity contribution in [3.63, 3.8) is 0 Å². The Balaban J connectivity index is 2.81. The molecule has 4 nitrogen and oxygen atoms in total. The van der Waals surface area contributed by atoms with Gasteiger partial charge in [0.05, 0.1) is 10.7 Å². The molecular formula is C13H25N3OS. The van der Waals surface area contributed by atoms with Crippen LogP contribution in [0.25, 0.3) is 0 Å². The van der Waals surface area contributed by atoms with E-state index in [0.29, 0.717) is 11.3 Å². The van der Waals surface area contributed by atoms with Crippen molar-refractivity contribution >= 4 is 11.8 Å². The van der Waals surface area contributed by atoms with Gasteiger partial charge in [0.1, 0.15) is 0 Å². The second kappa shape index (κ2) is 7.16. The molecule has 2 N–H and O–H groups in total. The first kappa shape index (κ1) is 15.5. The SMILES string of the molecule is Cc1nn(C)c(SC(C)CCO)c1CNC(C)C. The molecule has 0 amide bonds. The third-order valence-corrected chi connectivity index (χ3v) is 4.20. The molecule has 0 aliphatic rings. The van der Waals surface area contributed by atoms with Gasteiger partial charge in [0, 0.05) is 37.1 Å². The van der Waals surface area contributed by atoms with Gasteiger partial charge in [-0.05, 0) is 13.3 Å². The Morgan fingerprint density at radius 1 is 1.39 bits per heavy atom. The normalized spacial score (nSPS) is 13.3. The number of aliphatic hydroxyl groups is 1. The first-order chi connectivity index (χ1) is 8.45. The molecule has 0 saturated carbocycles. The van der Waals surface area contributed by atoms with Gasteiger partial charge in [0.15, 0.2) is 0 Å². The lowest BCUT2D eigenvalue weighted by Crippen LogP contribution is -2.22. The summed E-state index contributed by atoms with van der Waals surface area (Å²) in [7, 11) is 1.99. The average Bonchev–Trinajstić information content (AvgIpc) is 2.51. The van der Waals surface area contributed by atoms with Crippen LogP contribution in [0.4, 0.5) is 0 Å². The van der Waals surface area contributed by atoms with Crippen LogP contribution in [0.2, 0.25) is 0 Å². The average molecular weight is 271 g/mol. The van der Waals surface area contributed by atoms with Gasteiger partial charge >= 0.3 is 0 Å². The molecule has 0 fully saturated rings. The predicted molar refractivity (Wildman–Crippen MR) is 76.9 cm³/mol. The van der Waals surface area contributed by atoms with Gasteiger partial charge in [-0.1, -0.05) is 20.8 Å². The van der Waals surface area contributed by atoms with Gasteiger partial charge in [-0.15, -0.1) is 11.8 Å². The number of nitrogens with zero attached hydrogens (tertiary/aromatic N) is 2. The Kier molecular flexibility index (Phi) is 6.18. The van der Waals surface area contributed by atoms with Crippen molar-refractivity contribution in [3.05, 3.63) is 11.3 Å². The van der Waals surface area contributed by atoms with Crippen molar-refractivity contribution in [2.45, 2.75) is 57.0 Å². The standard InChI is InChI=1S/C13H25N3OS/c1-9(2)14-8-12-11(4)15-16(5)13(12)18-10(3)6-7-17/h9-10,14,17H,6-8H2,1-5H3. The Hall–Kier alpha value is -0.520. The van der Waals surface area contributed by atoms with Crippen molar-refractivity contribution in [1.82, 2.24) is 15.1 Å². The molecule has 0 radical (unpaired) electrons. The Labute approximate surface area is 114 Å². The van der Waals surface area contributed by atoms with Crippen LogP contribution >= 0.6 is 11.8 Å². The minimum absolute atomic E-state index is 0.241. The van der Waals surface area contributed by atoms with E-state index in [9.17, 15) is 0 Å². The molecule has 5 heteroatoms. The Morgan fingerprint density at radius 3 is 2.61 bits per heavy atom. The second-order valence-electron chi connectivity index (χ2n) is 4.97. The summed E-state index contributed by atoms with van der Waals surface area (Å²) in [4.78, 5) is 0.